The molecule has 1 amide bonds. The van der Waals surface area contributed by atoms with Gasteiger partial charge in [0.25, 0.3) is 11.7 Å². The first kappa shape index (κ1) is 29.2. The average molecular weight is 581 g/mol. The van der Waals surface area contributed by atoms with E-state index in [1.165, 1.54) is 26.2 Å². The summed E-state index contributed by atoms with van der Waals surface area (Å²) in [6.07, 6.45) is 3.25. The highest BCUT2D eigenvalue weighted by atomic mass is 16.5. The van der Waals surface area contributed by atoms with Crippen LogP contribution in [0.25, 0.3) is 5.76 Å². The summed E-state index contributed by atoms with van der Waals surface area (Å²) >= 11 is 0. The van der Waals surface area contributed by atoms with Crippen LogP contribution in [0.2, 0.25) is 0 Å². The van der Waals surface area contributed by atoms with Crippen LogP contribution in [0.4, 0.5) is 0 Å². The van der Waals surface area contributed by atoms with Gasteiger partial charge in [-0.1, -0.05) is 30.3 Å². The fraction of sp³-hybridized carbons (Fsp3) is 0.206. The van der Waals surface area contributed by atoms with Gasteiger partial charge in [-0.25, -0.2) is 0 Å². The summed E-state index contributed by atoms with van der Waals surface area (Å²) in [5.74, 6) is -0.214. The molecule has 2 heterocycles. The van der Waals surface area contributed by atoms with Crippen LogP contribution in [0.1, 0.15) is 33.9 Å². The summed E-state index contributed by atoms with van der Waals surface area (Å²) in [5.41, 5.74) is 3.71. The van der Waals surface area contributed by atoms with E-state index < -0.39 is 17.7 Å². The first-order chi connectivity index (χ1) is 20.9. The second kappa shape index (κ2) is 12.7. The molecule has 4 aromatic rings. The van der Waals surface area contributed by atoms with Crippen LogP contribution in [-0.4, -0.2) is 48.0 Å². The maximum atomic E-state index is 13.6. The molecule has 0 spiro atoms. The summed E-state index contributed by atoms with van der Waals surface area (Å²) in [4.78, 5) is 32.6. The molecule has 1 fully saturated rings. The number of benzene rings is 3. The Labute approximate surface area is 249 Å². The van der Waals surface area contributed by atoms with Crippen LogP contribution in [0.5, 0.6) is 23.0 Å². The number of ether oxygens (including phenoxy) is 4. The highest BCUT2D eigenvalue weighted by Gasteiger charge is 2.46. The highest BCUT2D eigenvalue weighted by molar-refractivity contribution is 6.46. The topological polar surface area (TPSA) is 107 Å². The molecule has 1 N–H and O–H groups in total. The van der Waals surface area contributed by atoms with Crippen molar-refractivity contribution in [1.82, 2.24) is 9.88 Å². The first-order valence-electron chi connectivity index (χ1n) is 13.6. The van der Waals surface area contributed by atoms with Gasteiger partial charge in [0.15, 0.2) is 11.5 Å². The molecular weight excluding hydrogens is 548 g/mol. The van der Waals surface area contributed by atoms with Gasteiger partial charge in [-0.05, 0) is 71.6 Å². The number of ketones is 1. The molecule has 220 valence electrons. The van der Waals surface area contributed by atoms with Crippen LogP contribution >= 0.6 is 0 Å². The van der Waals surface area contributed by atoms with E-state index in [1.807, 2.05) is 37.3 Å². The lowest BCUT2D eigenvalue weighted by atomic mass is 9.94. The molecule has 0 bridgehead atoms. The molecule has 9 nitrogen and oxygen atoms in total. The van der Waals surface area contributed by atoms with E-state index in [0.717, 1.165) is 16.7 Å². The molecule has 1 saturated heterocycles. The number of pyridine rings is 1. The summed E-state index contributed by atoms with van der Waals surface area (Å²) in [6, 6.07) is 20.7. The minimum Gasteiger partial charge on any atom is -0.507 e. The van der Waals surface area contributed by atoms with E-state index in [-0.39, 0.29) is 17.9 Å². The Morgan fingerprint density at radius 2 is 1.60 bits per heavy atom. The largest absolute Gasteiger partial charge is 0.507 e. The molecule has 0 radical (unpaired) electrons. The maximum absolute atomic E-state index is 13.6. The van der Waals surface area contributed by atoms with Gasteiger partial charge in [0.05, 0.1) is 32.9 Å². The van der Waals surface area contributed by atoms with E-state index in [9.17, 15) is 14.7 Å². The molecule has 1 aliphatic rings. The highest BCUT2D eigenvalue weighted by Crippen LogP contribution is 2.46. The fourth-order valence-electron chi connectivity index (χ4n) is 5.13. The van der Waals surface area contributed by atoms with Crippen molar-refractivity contribution < 1.29 is 33.6 Å². The number of Topliss-reactive ketones (excluding diaryl/α,β-unsaturated/α-hetero) is 1. The number of methoxy groups -OCH3 is 3. The smallest absolute Gasteiger partial charge is 0.295 e. The number of carbonyl (C=O) groups excluding carboxylic acids is 2. The second-order valence-corrected chi connectivity index (χ2v) is 9.99. The molecule has 43 heavy (non-hydrogen) atoms. The zero-order valence-corrected chi connectivity index (χ0v) is 24.4. The number of aryl methyl sites for hydroxylation is 1. The molecule has 1 aliphatic heterocycles. The fourth-order valence-corrected chi connectivity index (χ4v) is 5.13. The zero-order valence-electron chi connectivity index (χ0n) is 24.4. The molecule has 9 heteroatoms. The van der Waals surface area contributed by atoms with Crippen molar-refractivity contribution in [1.29, 1.82) is 0 Å². The number of amides is 1. The van der Waals surface area contributed by atoms with Crippen molar-refractivity contribution in [2.75, 3.05) is 21.3 Å². The maximum Gasteiger partial charge on any atom is 0.295 e. The van der Waals surface area contributed by atoms with Crippen LogP contribution in [0, 0.1) is 6.92 Å². The van der Waals surface area contributed by atoms with Crippen molar-refractivity contribution in [2.45, 2.75) is 26.1 Å². The minimum absolute atomic E-state index is 0.0586. The zero-order chi connectivity index (χ0) is 30.5. The van der Waals surface area contributed by atoms with Gasteiger partial charge in [-0.3, -0.25) is 14.6 Å². The van der Waals surface area contributed by atoms with Gasteiger partial charge in [0.1, 0.15) is 18.1 Å². The van der Waals surface area contributed by atoms with Crippen LogP contribution in [0.15, 0.2) is 90.8 Å². The normalized spacial score (nSPS) is 15.8. The van der Waals surface area contributed by atoms with E-state index in [0.29, 0.717) is 40.7 Å². The summed E-state index contributed by atoms with van der Waals surface area (Å²) in [5, 5.41) is 11.6. The van der Waals surface area contributed by atoms with E-state index >= 15 is 0 Å². The summed E-state index contributed by atoms with van der Waals surface area (Å²) in [6.45, 7) is 2.49. The van der Waals surface area contributed by atoms with E-state index in [1.54, 1.807) is 54.9 Å². The quantitative estimate of drug-likeness (QED) is 0.146. The van der Waals surface area contributed by atoms with Crippen molar-refractivity contribution >= 4 is 17.4 Å². The Morgan fingerprint density at radius 1 is 0.907 bits per heavy atom. The number of aliphatic hydroxyl groups is 1. The third kappa shape index (κ3) is 5.88. The molecule has 0 saturated carbocycles. The SMILES string of the molecule is COc1cc(C2/C(=C(\O)c3ccc(OCc4ccccc4C)cc3)C(=O)C(=O)N2Cc2cccnc2)cc(OC)c1OC. The number of aromatic nitrogens is 1. The van der Waals surface area contributed by atoms with Crippen LogP contribution in [0.3, 0.4) is 0 Å². The molecule has 3 aromatic carbocycles. The number of hydrogen-bond acceptors (Lipinski definition) is 8. The van der Waals surface area contributed by atoms with Gasteiger partial charge in [-0.2, -0.15) is 0 Å². The first-order valence-corrected chi connectivity index (χ1v) is 13.6. The van der Waals surface area contributed by atoms with Crippen molar-refractivity contribution in [3.63, 3.8) is 0 Å². The van der Waals surface area contributed by atoms with Gasteiger partial charge < -0.3 is 29.0 Å². The Kier molecular flexibility index (Phi) is 8.61. The number of carbonyl (C=O) groups is 2. The third-order valence-electron chi connectivity index (χ3n) is 7.40. The number of nitrogens with zero attached hydrogens (tertiary/aromatic N) is 2. The molecule has 5 rings (SSSR count). The standard InChI is InChI=1S/C34H32N2O7/c1-21-8-5-6-10-24(21)20-43-26-13-11-23(12-14-26)31(37)29-30(25-16-27(40-2)33(42-4)28(17-25)41-3)36(34(39)32(29)38)19-22-9-7-15-35-18-22/h5-18,30,37H,19-20H2,1-4H3/b31-29+. The molecule has 1 unspecified atom stereocenters. The summed E-state index contributed by atoms with van der Waals surface area (Å²) in [7, 11) is 4.45. The Bertz CT molecular complexity index is 1640. The summed E-state index contributed by atoms with van der Waals surface area (Å²) < 4.78 is 22.5. The van der Waals surface area contributed by atoms with Crippen LogP contribution in [-0.2, 0) is 22.7 Å². The van der Waals surface area contributed by atoms with Crippen molar-refractivity contribution in [3.8, 4) is 23.0 Å². The average Bonchev–Trinajstić information content (AvgIpc) is 3.29. The number of hydrogen-bond donors (Lipinski definition) is 1. The molecule has 1 atom stereocenters. The van der Waals surface area contributed by atoms with Crippen molar-refractivity contribution in [3.05, 3.63) is 119 Å². The second-order valence-electron chi connectivity index (χ2n) is 9.99. The van der Waals surface area contributed by atoms with Gasteiger partial charge in [0, 0.05) is 24.5 Å². The predicted molar refractivity (Wildman–Crippen MR) is 160 cm³/mol. The van der Waals surface area contributed by atoms with Gasteiger partial charge in [-0.15, -0.1) is 0 Å². The Balaban J connectivity index is 1.56. The number of aliphatic hydroxyl groups excluding tert-OH is 1. The lowest BCUT2D eigenvalue weighted by molar-refractivity contribution is -0.140. The molecule has 0 aliphatic carbocycles. The van der Waals surface area contributed by atoms with E-state index in [2.05, 4.69) is 4.98 Å². The Morgan fingerprint density at radius 3 is 2.21 bits per heavy atom. The van der Waals surface area contributed by atoms with E-state index in [4.69, 9.17) is 18.9 Å². The Hall–Kier alpha value is -5.31. The minimum atomic E-state index is -0.953. The monoisotopic (exact) mass is 580 g/mol. The number of likely N-dealkylation sites (tertiary alicyclic amines) is 1. The van der Waals surface area contributed by atoms with Crippen LogP contribution < -0.4 is 18.9 Å². The van der Waals surface area contributed by atoms with Gasteiger partial charge in [0.2, 0.25) is 5.75 Å². The lowest BCUT2D eigenvalue weighted by Gasteiger charge is -2.26. The molecular formula is C34H32N2O7. The van der Waals surface area contributed by atoms with Crippen molar-refractivity contribution in [2.24, 2.45) is 0 Å². The molecule has 1 aromatic heterocycles. The predicted octanol–water partition coefficient (Wildman–Crippen LogP) is 5.62. The van der Waals surface area contributed by atoms with Gasteiger partial charge >= 0.3 is 0 Å². The number of rotatable bonds is 10. The third-order valence-corrected chi connectivity index (χ3v) is 7.40. The lowest BCUT2D eigenvalue weighted by Crippen LogP contribution is -2.29.